The third-order valence-electron chi connectivity index (χ3n) is 3.60. The van der Waals surface area contributed by atoms with E-state index >= 15 is 0 Å². The lowest BCUT2D eigenvalue weighted by Crippen LogP contribution is -2.12. The number of hydrogen-bond donors (Lipinski definition) is 1. The fourth-order valence-corrected chi connectivity index (χ4v) is 2.41. The van der Waals surface area contributed by atoms with E-state index in [1.807, 2.05) is 60.7 Å². The van der Waals surface area contributed by atoms with Gasteiger partial charge in [0.25, 0.3) is 5.91 Å². The molecule has 4 rings (SSSR count). The Morgan fingerprint density at radius 3 is 2.67 bits per heavy atom. The number of rotatable bonds is 3. The van der Waals surface area contributed by atoms with Crippen molar-refractivity contribution in [3.05, 3.63) is 78.8 Å². The van der Waals surface area contributed by atoms with E-state index in [-0.39, 0.29) is 11.6 Å². The largest absolute Gasteiger partial charge is 0.319 e. The lowest BCUT2D eigenvalue weighted by atomic mass is 10.2. The molecule has 0 aliphatic heterocycles. The number of fused-ring (bicyclic) bond motifs is 1. The summed E-state index contributed by atoms with van der Waals surface area (Å²) in [7, 11) is 0. The maximum absolute atomic E-state index is 12.3. The Labute approximate surface area is 137 Å². The molecule has 0 bridgehead atoms. The monoisotopic (exact) mass is 315 g/mol. The summed E-state index contributed by atoms with van der Waals surface area (Å²) in [4.78, 5) is 16.7. The first-order chi connectivity index (χ1) is 11.8. The summed E-state index contributed by atoms with van der Waals surface area (Å²) in [5.74, 6) is -0.325. The van der Waals surface area contributed by atoms with Crippen molar-refractivity contribution in [2.75, 3.05) is 5.32 Å². The maximum atomic E-state index is 12.3. The van der Waals surface area contributed by atoms with Crippen molar-refractivity contribution in [2.24, 2.45) is 0 Å². The van der Waals surface area contributed by atoms with Gasteiger partial charge in [0, 0.05) is 5.39 Å². The smallest absolute Gasteiger partial charge is 0.277 e. The molecule has 1 N–H and O–H groups in total. The summed E-state index contributed by atoms with van der Waals surface area (Å²) in [5, 5.41) is 11.7. The van der Waals surface area contributed by atoms with E-state index < -0.39 is 0 Å². The Morgan fingerprint density at radius 2 is 1.79 bits per heavy atom. The number of carbonyl (C=O) groups excluding carboxylic acids is 1. The zero-order chi connectivity index (χ0) is 16.4. The number of para-hydroxylation sites is 2. The highest BCUT2D eigenvalue weighted by atomic mass is 16.2. The zero-order valence-corrected chi connectivity index (χ0v) is 12.6. The van der Waals surface area contributed by atoms with Crippen LogP contribution >= 0.6 is 0 Å². The first-order valence-corrected chi connectivity index (χ1v) is 7.43. The van der Waals surface area contributed by atoms with Crippen molar-refractivity contribution < 1.29 is 4.79 Å². The second-order valence-corrected chi connectivity index (χ2v) is 5.25. The van der Waals surface area contributed by atoms with Gasteiger partial charge in [0.2, 0.25) is 0 Å². The molecule has 0 saturated heterocycles. The summed E-state index contributed by atoms with van der Waals surface area (Å²) in [5.41, 5.74) is 2.59. The molecular formula is C18H13N5O. The van der Waals surface area contributed by atoms with Gasteiger partial charge in [0.1, 0.15) is 0 Å². The Hall–Kier alpha value is -3.54. The third-order valence-corrected chi connectivity index (χ3v) is 3.60. The Balaban J connectivity index is 1.56. The lowest BCUT2D eigenvalue weighted by Gasteiger charge is -2.04. The summed E-state index contributed by atoms with van der Waals surface area (Å²) in [6.07, 6.45) is 3.22. The molecule has 2 aromatic carbocycles. The molecule has 0 aliphatic rings. The van der Waals surface area contributed by atoms with Crippen LogP contribution in [0.3, 0.4) is 0 Å². The van der Waals surface area contributed by atoms with Gasteiger partial charge in [-0.3, -0.25) is 9.78 Å². The van der Waals surface area contributed by atoms with Crippen LogP contribution in [0.15, 0.2) is 73.1 Å². The van der Waals surface area contributed by atoms with Gasteiger partial charge in [0.15, 0.2) is 5.69 Å². The highest BCUT2D eigenvalue weighted by Gasteiger charge is 2.12. The van der Waals surface area contributed by atoms with E-state index in [2.05, 4.69) is 20.6 Å². The summed E-state index contributed by atoms with van der Waals surface area (Å²) in [6, 6.07) is 19.1. The number of pyridine rings is 1. The van der Waals surface area contributed by atoms with Crippen molar-refractivity contribution in [3.63, 3.8) is 0 Å². The van der Waals surface area contributed by atoms with Crippen LogP contribution in [-0.4, -0.2) is 25.9 Å². The van der Waals surface area contributed by atoms with Crippen molar-refractivity contribution >= 4 is 22.5 Å². The highest BCUT2D eigenvalue weighted by Crippen LogP contribution is 2.16. The van der Waals surface area contributed by atoms with E-state index in [9.17, 15) is 4.79 Å². The van der Waals surface area contributed by atoms with Gasteiger partial charge in [-0.15, -0.1) is 5.10 Å². The molecular weight excluding hydrogens is 302 g/mol. The Morgan fingerprint density at radius 1 is 1.00 bits per heavy atom. The Kier molecular flexibility index (Phi) is 3.47. The Bertz CT molecular complexity index is 1010. The topological polar surface area (TPSA) is 72.7 Å². The normalized spacial score (nSPS) is 10.7. The number of anilines is 1. The van der Waals surface area contributed by atoms with Crippen LogP contribution in [-0.2, 0) is 0 Å². The number of nitrogens with zero attached hydrogens (tertiary/aromatic N) is 4. The third kappa shape index (κ3) is 2.72. The van der Waals surface area contributed by atoms with Crippen molar-refractivity contribution in [1.29, 1.82) is 0 Å². The van der Waals surface area contributed by atoms with Gasteiger partial charge >= 0.3 is 0 Å². The van der Waals surface area contributed by atoms with Crippen LogP contribution in [0, 0.1) is 0 Å². The summed E-state index contributed by atoms with van der Waals surface area (Å²) >= 11 is 0. The van der Waals surface area contributed by atoms with Crippen molar-refractivity contribution in [1.82, 2.24) is 20.0 Å². The molecule has 2 aromatic heterocycles. The molecule has 0 unspecified atom stereocenters. The van der Waals surface area contributed by atoms with E-state index in [0.717, 1.165) is 16.6 Å². The van der Waals surface area contributed by atoms with Gasteiger partial charge in [-0.1, -0.05) is 41.6 Å². The van der Waals surface area contributed by atoms with Crippen LogP contribution in [0.2, 0.25) is 0 Å². The molecule has 6 heteroatoms. The number of hydrogen-bond acceptors (Lipinski definition) is 4. The van der Waals surface area contributed by atoms with Crippen molar-refractivity contribution in [2.45, 2.75) is 0 Å². The molecule has 1 amide bonds. The minimum Gasteiger partial charge on any atom is -0.319 e. The fourth-order valence-electron chi connectivity index (χ4n) is 2.41. The molecule has 4 aromatic rings. The number of aromatic nitrogens is 4. The van der Waals surface area contributed by atoms with Gasteiger partial charge in [-0.05, 0) is 24.3 Å². The van der Waals surface area contributed by atoms with Crippen LogP contribution in [0.25, 0.3) is 16.6 Å². The van der Waals surface area contributed by atoms with Gasteiger partial charge in [0.05, 0.1) is 29.3 Å². The van der Waals surface area contributed by atoms with Crippen LogP contribution in [0.5, 0.6) is 0 Å². The van der Waals surface area contributed by atoms with E-state index in [1.54, 1.807) is 17.1 Å². The first kappa shape index (κ1) is 14.1. The van der Waals surface area contributed by atoms with Crippen LogP contribution in [0.1, 0.15) is 10.5 Å². The summed E-state index contributed by atoms with van der Waals surface area (Å²) in [6.45, 7) is 0. The minimum absolute atomic E-state index is 0.243. The number of amides is 1. The SMILES string of the molecule is O=C(Nc1cnc2ccccc2c1)c1cn(-c2ccccc2)nn1. The maximum Gasteiger partial charge on any atom is 0.277 e. The second-order valence-electron chi connectivity index (χ2n) is 5.25. The molecule has 0 saturated carbocycles. The molecule has 116 valence electrons. The van der Waals surface area contributed by atoms with Gasteiger partial charge in [-0.25, -0.2) is 4.68 Å². The van der Waals surface area contributed by atoms with Gasteiger partial charge < -0.3 is 5.32 Å². The van der Waals surface area contributed by atoms with E-state index in [4.69, 9.17) is 0 Å². The molecule has 0 aliphatic carbocycles. The molecule has 0 fully saturated rings. The average molecular weight is 315 g/mol. The van der Waals surface area contributed by atoms with Gasteiger partial charge in [-0.2, -0.15) is 0 Å². The number of carbonyl (C=O) groups is 1. The highest BCUT2D eigenvalue weighted by molar-refractivity contribution is 6.03. The standard InChI is InChI=1S/C18H13N5O/c24-18(17-12-23(22-21-17)15-7-2-1-3-8-15)20-14-10-13-6-4-5-9-16(13)19-11-14/h1-12H,(H,20,24). The molecule has 0 atom stereocenters. The predicted molar refractivity (Wildman–Crippen MR) is 91.1 cm³/mol. The van der Waals surface area contributed by atoms with E-state index in [1.165, 1.54) is 0 Å². The number of nitrogens with one attached hydrogen (secondary N) is 1. The average Bonchev–Trinajstić information content (AvgIpc) is 3.13. The zero-order valence-electron chi connectivity index (χ0n) is 12.6. The molecule has 6 nitrogen and oxygen atoms in total. The predicted octanol–water partition coefficient (Wildman–Crippen LogP) is 3.07. The minimum atomic E-state index is -0.325. The van der Waals surface area contributed by atoms with Crippen LogP contribution in [0.4, 0.5) is 5.69 Å². The lowest BCUT2D eigenvalue weighted by molar-refractivity contribution is 0.102. The molecule has 2 heterocycles. The fraction of sp³-hybridized carbons (Fsp3) is 0. The molecule has 24 heavy (non-hydrogen) atoms. The second kappa shape index (κ2) is 5.92. The summed E-state index contributed by atoms with van der Waals surface area (Å²) < 4.78 is 1.56. The van der Waals surface area contributed by atoms with Crippen molar-refractivity contribution in [3.8, 4) is 5.69 Å². The van der Waals surface area contributed by atoms with E-state index in [0.29, 0.717) is 5.69 Å². The molecule has 0 radical (unpaired) electrons. The number of benzene rings is 2. The molecule has 0 spiro atoms. The van der Waals surface area contributed by atoms with Crippen LogP contribution < -0.4 is 5.32 Å². The first-order valence-electron chi connectivity index (χ1n) is 7.43. The quantitative estimate of drug-likeness (QED) is 0.630.